The topological polar surface area (TPSA) is 104 Å². The van der Waals surface area contributed by atoms with E-state index in [0.717, 1.165) is 5.69 Å². The Labute approximate surface area is 135 Å². The molecule has 4 N–H and O–H groups in total. The third kappa shape index (κ3) is 3.95. The van der Waals surface area contributed by atoms with E-state index in [1.54, 1.807) is 24.3 Å². The Morgan fingerprint density at radius 3 is 2.57 bits per heavy atom. The summed E-state index contributed by atoms with van der Waals surface area (Å²) in [6, 6.07) is 7.08. The van der Waals surface area contributed by atoms with Crippen LogP contribution >= 0.6 is 0 Å². The van der Waals surface area contributed by atoms with Crippen molar-refractivity contribution >= 4 is 28.8 Å². The van der Waals surface area contributed by atoms with E-state index >= 15 is 0 Å². The number of rotatable bonds is 7. The standard InChI is InChI=1S/C16H21N5O2/c1-3-21(8-9-22)16-14(17)15(18-10-19-16)20-13-6-4-12(5-7-13)11(2)23/h4-7,10,22H,3,8-9,17H2,1-2H3,(H,18,19,20). The van der Waals surface area contributed by atoms with Gasteiger partial charge in [0.05, 0.1) is 6.61 Å². The molecule has 1 aromatic heterocycles. The smallest absolute Gasteiger partial charge is 0.159 e. The Morgan fingerprint density at radius 2 is 2.00 bits per heavy atom. The van der Waals surface area contributed by atoms with E-state index in [1.807, 2.05) is 11.8 Å². The summed E-state index contributed by atoms with van der Waals surface area (Å²) in [5.41, 5.74) is 7.99. The van der Waals surface area contributed by atoms with Gasteiger partial charge in [0.15, 0.2) is 17.4 Å². The van der Waals surface area contributed by atoms with Crippen molar-refractivity contribution in [2.24, 2.45) is 0 Å². The number of carbonyl (C=O) groups excluding carboxylic acids is 1. The number of aliphatic hydroxyl groups excluding tert-OH is 1. The van der Waals surface area contributed by atoms with Crippen molar-refractivity contribution < 1.29 is 9.90 Å². The summed E-state index contributed by atoms with van der Waals surface area (Å²) in [7, 11) is 0. The molecule has 7 heteroatoms. The monoisotopic (exact) mass is 315 g/mol. The van der Waals surface area contributed by atoms with Gasteiger partial charge in [-0.05, 0) is 38.1 Å². The van der Waals surface area contributed by atoms with Gasteiger partial charge in [-0.15, -0.1) is 0 Å². The first-order chi connectivity index (χ1) is 11.1. The predicted octanol–water partition coefficient (Wildman–Crippen LogP) is 1.82. The van der Waals surface area contributed by atoms with Crippen molar-refractivity contribution in [2.45, 2.75) is 13.8 Å². The summed E-state index contributed by atoms with van der Waals surface area (Å²) < 4.78 is 0. The summed E-state index contributed by atoms with van der Waals surface area (Å²) in [5, 5.41) is 12.2. The average Bonchev–Trinajstić information content (AvgIpc) is 2.55. The number of benzene rings is 1. The van der Waals surface area contributed by atoms with Crippen LogP contribution in [0.2, 0.25) is 0 Å². The van der Waals surface area contributed by atoms with Crippen LogP contribution in [0.3, 0.4) is 0 Å². The Morgan fingerprint density at radius 1 is 1.30 bits per heavy atom. The van der Waals surface area contributed by atoms with Crippen LogP contribution in [0.4, 0.5) is 23.0 Å². The molecule has 0 fully saturated rings. The van der Waals surface area contributed by atoms with Crippen molar-refractivity contribution in [3.8, 4) is 0 Å². The number of aromatic nitrogens is 2. The molecule has 0 aliphatic rings. The molecule has 0 aliphatic heterocycles. The molecule has 0 atom stereocenters. The molecule has 0 spiro atoms. The van der Waals surface area contributed by atoms with E-state index in [0.29, 0.717) is 36.0 Å². The zero-order valence-corrected chi connectivity index (χ0v) is 13.3. The van der Waals surface area contributed by atoms with Crippen molar-refractivity contribution in [1.82, 2.24) is 9.97 Å². The van der Waals surface area contributed by atoms with Crippen LogP contribution < -0.4 is 16.0 Å². The maximum atomic E-state index is 11.3. The molecule has 0 saturated heterocycles. The largest absolute Gasteiger partial charge is 0.395 e. The number of carbonyl (C=O) groups is 1. The number of nitrogens with two attached hydrogens (primary N) is 1. The lowest BCUT2D eigenvalue weighted by molar-refractivity contribution is 0.101. The fourth-order valence-corrected chi connectivity index (χ4v) is 2.20. The number of nitrogen functional groups attached to an aromatic ring is 1. The van der Waals surface area contributed by atoms with E-state index in [9.17, 15) is 4.79 Å². The minimum absolute atomic E-state index is 0.0166. The Balaban J connectivity index is 2.24. The molecular weight excluding hydrogens is 294 g/mol. The molecule has 122 valence electrons. The number of likely N-dealkylation sites (N-methyl/N-ethyl adjacent to an activating group) is 1. The minimum Gasteiger partial charge on any atom is -0.395 e. The SMILES string of the molecule is CCN(CCO)c1ncnc(Nc2ccc(C(C)=O)cc2)c1N. The molecule has 0 bridgehead atoms. The summed E-state index contributed by atoms with van der Waals surface area (Å²) in [5.74, 6) is 1.09. The van der Waals surface area contributed by atoms with Crippen LogP contribution in [0.5, 0.6) is 0 Å². The third-order valence-electron chi connectivity index (χ3n) is 3.47. The van der Waals surface area contributed by atoms with Gasteiger partial charge in [0.1, 0.15) is 12.0 Å². The first kappa shape index (κ1) is 16.7. The number of anilines is 4. The minimum atomic E-state index is 0.0166. The van der Waals surface area contributed by atoms with Gasteiger partial charge in [-0.3, -0.25) is 4.79 Å². The van der Waals surface area contributed by atoms with Crippen molar-refractivity contribution in [2.75, 3.05) is 35.6 Å². The highest BCUT2D eigenvalue weighted by Crippen LogP contribution is 2.28. The number of ketones is 1. The van der Waals surface area contributed by atoms with E-state index < -0.39 is 0 Å². The second kappa shape index (κ2) is 7.55. The maximum Gasteiger partial charge on any atom is 0.159 e. The molecule has 7 nitrogen and oxygen atoms in total. The number of hydrogen-bond acceptors (Lipinski definition) is 7. The average molecular weight is 315 g/mol. The van der Waals surface area contributed by atoms with E-state index in [-0.39, 0.29) is 12.4 Å². The van der Waals surface area contributed by atoms with Crippen molar-refractivity contribution in [3.63, 3.8) is 0 Å². The van der Waals surface area contributed by atoms with Gasteiger partial charge in [0, 0.05) is 24.3 Å². The maximum absolute atomic E-state index is 11.3. The van der Waals surface area contributed by atoms with Gasteiger partial charge in [0.2, 0.25) is 0 Å². The summed E-state index contributed by atoms with van der Waals surface area (Å²) in [4.78, 5) is 21.5. The lowest BCUT2D eigenvalue weighted by Crippen LogP contribution is -2.28. The number of Topliss-reactive ketones (excluding diaryl/α,β-unsaturated/α-hetero) is 1. The van der Waals surface area contributed by atoms with Gasteiger partial charge in [-0.25, -0.2) is 9.97 Å². The van der Waals surface area contributed by atoms with Crippen LogP contribution in [0.25, 0.3) is 0 Å². The zero-order valence-electron chi connectivity index (χ0n) is 13.3. The Hall–Kier alpha value is -2.67. The first-order valence-electron chi connectivity index (χ1n) is 7.41. The van der Waals surface area contributed by atoms with Crippen LogP contribution in [-0.2, 0) is 0 Å². The highest BCUT2D eigenvalue weighted by atomic mass is 16.3. The normalized spacial score (nSPS) is 10.4. The molecule has 2 aromatic rings. The quantitative estimate of drug-likeness (QED) is 0.669. The fraction of sp³-hybridized carbons (Fsp3) is 0.312. The van der Waals surface area contributed by atoms with Crippen LogP contribution in [0, 0.1) is 0 Å². The summed E-state index contributed by atoms with van der Waals surface area (Å²) in [6.07, 6.45) is 1.43. The van der Waals surface area contributed by atoms with Gasteiger partial charge in [-0.1, -0.05) is 0 Å². The van der Waals surface area contributed by atoms with Gasteiger partial charge >= 0.3 is 0 Å². The Kier molecular flexibility index (Phi) is 5.48. The molecule has 1 heterocycles. The third-order valence-corrected chi connectivity index (χ3v) is 3.47. The second-order valence-electron chi connectivity index (χ2n) is 5.02. The van der Waals surface area contributed by atoms with E-state index in [4.69, 9.17) is 10.8 Å². The molecule has 0 unspecified atom stereocenters. The molecule has 1 aromatic carbocycles. The van der Waals surface area contributed by atoms with Gasteiger partial charge < -0.3 is 21.1 Å². The lowest BCUT2D eigenvalue weighted by atomic mass is 10.1. The summed E-state index contributed by atoms with van der Waals surface area (Å²) >= 11 is 0. The molecule has 0 amide bonds. The van der Waals surface area contributed by atoms with E-state index in [2.05, 4.69) is 15.3 Å². The molecule has 23 heavy (non-hydrogen) atoms. The van der Waals surface area contributed by atoms with Crippen LogP contribution in [0.15, 0.2) is 30.6 Å². The zero-order chi connectivity index (χ0) is 16.8. The first-order valence-corrected chi connectivity index (χ1v) is 7.41. The highest BCUT2D eigenvalue weighted by molar-refractivity contribution is 5.94. The number of hydrogen-bond donors (Lipinski definition) is 3. The number of nitrogens with zero attached hydrogens (tertiary/aromatic N) is 3. The van der Waals surface area contributed by atoms with Crippen LogP contribution in [-0.4, -0.2) is 40.6 Å². The molecular formula is C16H21N5O2. The number of nitrogens with one attached hydrogen (secondary N) is 1. The molecule has 0 saturated carbocycles. The van der Waals surface area contributed by atoms with Crippen LogP contribution in [0.1, 0.15) is 24.2 Å². The van der Waals surface area contributed by atoms with Gasteiger partial charge in [-0.2, -0.15) is 0 Å². The lowest BCUT2D eigenvalue weighted by Gasteiger charge is -2.23. The van der Waals surface area contributed by atoms with E-state index in [1.165, 1.54) is 13.3 Å². The fourth-order valence-electron chi connectivity index (χ4n) is 2.20. The number of aliphatic hydroxyl groups is 1. The second-order valence-corrected chi connectivity index (χ2v) is 5.02. The van der Waals surface area contributed by atoms with Crippen molar-refractivity contribution in [1.29, 1.82) is 0 Å². The predicted molar refractivity (Wildman–Crippen MR) is 91.1 cm³/mol. The summed E-state index contributed by atoms with van der Waals surface area (Å²) in [6.45, 7) is 4.63. The van der Waals surface area contributed by atoms with Gasteiger partial charge in [0.25, 0.3) is 0 Å². The van der Waals surface area contributed by atoms with Crippen molar-refractivity contribution in [3.05, 3.63) is 36.2 Å². The molecule has 2 rings (SSSR count). The molecule has 0 aliphatic carbocycles. The molecule has 0 radical (unpaired) electrons. The Bertz CT molecular complexity index is 673. The highest BCUT2D eigenvalue weighted by Gasteiger charge is 2.13.